The normalized spacial score (nSPS) is 25.2. The lowest BCUT2D eigenvalue weighted by molar-refractivity contribution is -0.120. The molecule has 0 aliphatic heterocycles. The van der Waals surface area contributed by atoms with Crippen molar-refractivity contribution in [2.45, 2.75) is 57.4 Å². The summed E-state index contributed by atoms with van der Waals surface area (Å²) in [5.41, 5.74) is 5.93. The molecule has 2 saturated carbocycles. The molecule has 0 amide bonds. The van der Waals surface area contributed by atoms with E-state index in [-0.39, 0.29) is 6.04 Å². The van der Waals surface area contributed by atoms with Gasteiger partial charge in [0, 0.05) is 18.9 Å². The van der Waals surface area contributed by atoms with Gasteiger partial charge in [-0.1, -0.05) is 25.7 Å². The second kappa shape index (κ2) is 4.43. The summed E-state index contributed by atoms with van der Waals surface area (Å²) in [5.74, 6) is 1.77. The second-order valence-corrected chi connectivity index (χ2v) is 5.10. The van der Waals surface area contributed by atoms with Gasteiger partial charge in [-0.25, -0.2) is 0 Å². The van der Waals surface area contributed by atoms with Gasteiger partial charge in [-0.15, -0.1) is 0 Å². The molecule has 2 fully saturated rings. The topological polar surface area (TPSA) is 43.1 Å². The van der Waals surface area contributed by atoms with E-state index in [0.717, 1.165) is 6.42 Å². The summed E-state index contributed by atoms with van der Waals surface area (Å²) < 4.78 is 0. The molecular formula is C12H21NO. The van der Waals surface area contributed by atoms with Crippen molar-refractivity contribution in [3.05, 3.63) is 0 Å². The Kier molecular flexibility index (Phi) is 3.22. The van der Waals surface area contributed by atoms with Crippen LogP contribution >= 0.6 is 0 Å². The Hall–Kier alpha value is -0.370. The minimum atomic E-state index is 0.170. The van der Waals surface area contributed by atoms with Crippen LogP contribution in [0.2, 0.25) is 0 Å². The van der Waals surface area contributed by atoms with E-state index < -0.39 is 0 Å². The minimum Gasteiger partial charge on any atom is -0.327 e. The van der Waals surface area contributed by atoms with E-state index in [1.807, 2.05) is 0 Å². The molecule has 0 aromatic rings. The lowest BCUT2D eigenvalue weighted by Crippen LogP contribution is -2.26. The Bertz CT molecular complexity index is 198. The fourth-order valence-electron chi connectivity index (χ4n) is 2.57. The van der Waals surface area contributed by atoms with Crippen LogP contribution in [0, 0.1) is 11.8 Å². The van der Waals surface area contributed by atoms with Crippen LogP contribution in [-0.4, -0.2) is 11.8 Å². The Morgan fingerprint density at radius 3 is 2.43 bits per heavy atom. The molecule has 2 rings (SSSR count). The van der Waals surface area contributed by atoms with Gasteiger partial charge in [0.15, 0.2) is 0 Å². The highest BCUT2D eigenvalue weighted by molar-refractivity contribution is 5.79. The molecule has 80 valence electrons. The molecule has 0 aromatic heterocycles. The summed E-state index contributed by atoms with van der Waals surface area (Å²) in [6, 6.07) is 0.170. The maximum absolute atomic E-state index is 11.7. The van der Waals surface area contributed by atoms with E-state index in [0.29, 0.717) is 24.0 Å². The molecule has 0 spiro atoms. The van der Waals surface area contributed by atoms with Gasteiger partial charge in [-0.3, -0.25) is 4.79 Å². The first-order valence-electron chi connectivity index (χ1n) is 6.03. The van der Waals surface area contributed by atoms with Crippen LogP contribution < -0.4 is 5.73 Å². The third kappa shape index (κ3) is 2.81. The van der Waals surface area contributed by atoms with Crippen LogP contribution in [0.4, 0.5) is 0 Å². The van der Waals surface area contributed by atoms with Crippen molar-refractivity contribution < 1.29 is 4.79 Å². The predicted molar refractivity (Wildman–Crippen MR) is 56.9 cm³/mol. The Labute approximate surface area is 86.2 Å². The summed E-state index contributed by atoms with van der Waals surface area (Å²) in [7, 11) is 0. The van der Waals surface area contributed by atoms with Gasteiger partial charge < -0.3 is 5.73 Å². The third-order valence-corrected chi connectivity index (χ3v) is 3.68. The van der Waals surface area contributed by atoms with Crippen LogP contribution in [0.5, 0.6) is 0 Å². The van der Waals surface area contributed by atoms with Gasteiger partial charge in [0.05, 0.1) is 0 Å². The zero-order valence-electron chi connectivity index (χ0n) is 8.87. The van der Waals surface area contributed by atoms with Crippen molar-refractivity contribution in [3.8, 4) is 0 Å². The van der Waals surface area contributed by atoms with Crippen LogP contribution in [0.1, 0.15) is 51.4 Å². The number of carbonyl (C=O) groups excluding carboxylic acids is 1. The molecule has 0 heterocycles. The quantitative estimate of drug-likeness (QED) is 0.731. The standard InChI is InChI=1S/C12H21NO/c13-12(10-5-6-10)8-11(14)7-9-3-1-2-4-9/h9-10,12H,1-8,13H2. The van der Waals surface area contributed by atoms with Crippen molar-refractivity contribution in [2.75, 3.05) is 0 Å². The zero-order valence-corrected chi connectivity index (χ0v) is 8.87. The fraction of sp³-hybridized carbons (Fsp3) is 0.917. The molecule has 0 bridgehead atoms. The predicted octanol–water partition coefficient (Wildman–Crippen LogP) is 2.26. The molecule has 0 aromatic carbocycles. The molecule has 0 saturated heterocycles. The van der Waals surface area contributed by atoms with E-state index in [1.54, 1.807) is 0 Å². The van der Waals surface area contributed by atoms with Crippen molar-refractivity contribution in [1.82, 2.24) is 0 Å². The van der Waals surface area contributed by atoms with Crippen molar-refractivity contribution in [2.24, 2.45) is 17.6 Å². The second-order valence-electron chi connectivity index (χ2n) is 5.10. The first-order chi connectivity index (χ1) is 6.75. The maximum Gasteiger partial charge on any atom is 0.134 e. The highest BCUT2D eigenvalue weighted by Gasteiger charge is 2.30. The van der Waals surface area contributed by atoms with E-state index in [1.165, 1.54) is 38.5 Å². The van der Waals surface area contributed by atoms with Gasteiger partial charge in [0.1, 0.15) is 5.78 Å². The van der Waals surface area contributed by atoms with E-state index in [4.69, 9.17) is 5.73 Å². The molecular weight excluding hydrogens is 174 g/mol. The Morgan fingerprint density at radius 1 is 1.21 bits per heavy atom. The smallest absolute Gasteiger partial charge is 0.134 e. The van der Waals surface area contributed by atoms with Crippen LogP contribution in [-0.2, 0) is 4.79 Å². The number of nitrogens with two attached hydrogens (primary N) is 1. The number of rotatable bonds is 5. The largest absolute Gasteiger partial charge is 0.327 e. The summed E-state index contributed by atoms with van der Waals surface area (Å²) in [6.45, 7) is 0. The highest BCUT2D eigenvalue weighted by atomic mass is 16.1. The van der Waals surface area contributed by atoms with Crippen molar-refractivity contribution in [1.29, 1.82) is 0 Å². The Morgan fingerprint density at radius 2 is 1.86 bits per heavy atom. The third-order valence-electron chi connectivity index (χ3n) is 3.68. The molecule has 2 N–H and O–H groups in total. The lowest BCUT2D eigenvalue weighted by Gasteiger charge is -2.11. The summed E-state index contributed by atoms with van der Waals surface area (Å²) in [5, 5.41) is 0. The van der Waals surface area contributed by atoms with E-state index in [9.17, 15) is 4.79 Å². The first-order valence-corrected chi connectivity index (χ1v) is 6.03. The molecule has 1 atom stereocenters. The average Bonchev–Trinajstić information content (AvgIpc) is 2.87. The van der Waals surface area contributed by atoms with Gasteiger partial charge in [0.25, 0.3) is 0 Å². The minimum absolute atomic E-state index is 0.170. The van der Waals surface area contributed by atoms with Crippen LogP contribution in [0.15, 0.2) is 0 Å². The van der Waals surface area contributed by atoms with Gasteiger partial charge in [-0.2, -0.15) is 0 Å². The number of carbonyl (C=O) groups is 1. The molecule has 2 aliphatic rings. The number of Topliss-reactive ketones (excluding diaryl/α,β-unsaturated/α-hetero) is 1. The molecule has 0 radical (unpaired) electrons. The molecule has 2 aliphatic carbocycles. The SMILES string of the molecule is NC(CC(=O)CC1CCCC1)C1CC1. The fourth-order valence-corrected chi connectivity index (χ4v) is 2.57. The molecule has 1 unspecified atom stereocenters. The first kappa shape index (κ1) is 10.2. The summed E-state index contributed by atoms with van der Waals surface area (Å²) in [4.78, 5) is 11.7. The zero-order chi connectivity index (χ0) is 9.97. The van der Waals surface area contributed by atoms with Crippen LogP contribution in [0.25, 0.3) is 0 Å². The molecule has 14 heavy (non-hydrogen) atoms. The van der Waals surface area contributed by atoms with Crippen molar-refractivity contribution >= 4 is 5.78 Å². The summed E-state index contributed by atoms with van der Waals surface area (Å²) >= 11 is 0. The van der Waals surface area contributed by atoms with Gasteiger partial charge in [-0.05, 0) is 24.7 Å². The van der Waals surface area contributed by atoms with Crippen molar-refractivity contribution in [3.63, 3.8) is 0 Å². The highest BCUT2D eigenvalue weighted by Crippen LogP contribution is 2.34. The molecule has 2 heteroatoms. The monoisotopic (exact) mass is 195 g/mol. The number of hydrogen-bond donors (Lipinski definition) is 1. The van der Waals surface area contributed by atoms with Gasteiger partial charge in [0.2, 0.25) is 0 Å². The average molecular weight is 195 g/mol. The lowest BCUT2D eigenvalue weighted by atomic mass is 9.96. The number of ketones is 1. The van der Waals surface area contributed by atoms with Gasteiger partial charge >= 0.3 is 0 Å². The maximum atomic E-state index is 11.7. The van der Waals surface area contributed by atoms with Crippen LogP contribution in [0.3, 0.4) is 0 Å². The summed E-state index contributed by atoms with van der Waals surface area (Å²) in [6.07, 6.45) is 9.13. The van der Waals surface area contributed by atoms with E-state index >= 15 is 0 Å². The number of hydrogen-bond acceptors (Lipinski definition) is 2. The Balaban J connectivity index is 1.66. The van der Waals surface area contributed by atoms with E-state index in [2.05, 4.69) is 0 Å². The molecule has 2 nitrogen and oxygen atoms in total.